The summed E-state index contributed by atoms with van der Waals surface area (Å²) in [4.78, 5) is 81.8. The zero-order chi connectivity index (χ0) is 70.2. The second-order valence-electron chi connectivity index (χ2n) is 27.3. The van der Waals surface area contributed by atoms with Gasteiger partial charge in [0.25, 0.3) is 11.8 Å². The van der Waals surface area contributed by atoms with Gasteiger partial charge < -0.3 is 48.9 Å². The van der Waals surface area contributed by atoms with Gasteiger partial charge in [-0.2, -0.15) is 26.3 Å². The summed E-state index contributed by atoms with van der Waals surface area (Å²) < 4.78 is 110. The van der Waals surface area contributed by atoms with Crippen LogP contribution in [0.15, 0.2) is 146 Å². The van der Waals surface area contributed by atoms with Crippen LogP contribution in [0.2, 0.25) is 0 Å². The summed E-state index contributed by atoms with van der Waals surface area (Å²) in [5.74, 6) is -1.35. The minimum atomic E-state index is -5.15. The standard InChI is InChI=1S/C76H87F7N8O8.3ClH/c1-84(35-11-36-86(3)70(94)55-19-25-62(26-20-55)89-39-28-53(29-40-89)18-27-68(92)85(2)44-45-87-37-30-63(31-38-87)91(72(96)97)66-17-10-8-15-64(66)54-12-5-4-6-13-54)69(93)50-98-67-48-56-14-7-9-16-65(56)73(67)32-41-88(42-33-73)43-34-74(58-21-23-61(77)24-22-58)51-90(52-99-74)71(95)57-46-59(75(78,79)80)49-60(47-57)76(81,82)83;;;/h4-10,12-17,19-26,46-47,49,53,63,67H,11,18,27-45,48,50-52H2,1-3H3,(H,96,97);3*1H/t67-,74-;;;/m0.../s1. The van der Waals surface area contributed by atoms with Gasteiger partial charge in [-0.25, -0.2) is 9.18 Å². The van der Waals surface area contributed by atoms with E-state index in [1.165, 1.54) is 29.2 Å². The van der Waals surface area contributed by atoms with Crippen molar-refractivity contribution in [2.45, 2.75) is 106 Å². The number of likely N-dealkylation sites (tertiary alicyclic amines) is 2. The molecule has 16 nitrogen and oxygen atoms in total. The number of carbonyl (C=O) groups excluding carboxylic acids is 4. The van der Waals surface area contributed by atoms with E-state index in [0.717, 1.165) is 84.8 Å². The molecule has 5 amide bonds. The largest absolute Gasteiger partial charge is 0.465 e. The van der Waals surface area contributed by atoms with Crippen molar-refractivity contribution in [3.63, 3.8) is 0 Å². The molecule has 4 aliphatic heterocycles. The van der Waals surface area contributed by atoms with Crippen LogP contribution < -0.4 is 9.80 Å². The van der Waals surface area contributed by atoms with Gasteiger partial charge in [0.1, 0.15) is 24.8 Å². The molecule has 552 valence electrons. The lowest BCUT2D eigenvalue weighted by molar-refractivity contribution is -0.143. The number of carbonyl (C=O) groups is 5. The monoisotopic (exact) mass is 1480 g/mol. The van der Waals surface area contributed by atoms with Crippen LogP contribution in [0.25, 0.3) is 11.1 Å². The highest BCUT2D eigenvalue weighted by molar-refractivity contribution is 5.96. The van der Waals surface area contributed by atoms with Gasteiger partial charge in [-0.15, -0.1) is 37.2 Å². The molecule has 0 radical (unpaired) electrons. The van der Waals surface area contributed by atoms with Crippen molar-refractivity contribution >= 4 is 78.3 Å². The summed E-state index contributed by atoms with van der Waals surface area (Å²) in [6.07, 6.45) is -4.15. The van der Waals surface area contributed by atoms with E-state index < -0.39 is 64.6 Å². The predicted octanol–water partition coefficient (Wildman–Crippen LogP) is 14.2. The summed E-state index contributed by atoms with van der Waals surface area (Å²) >= 11 is 0. The topological polar surface area (TPSA) is 150 Å². The molecule has 6 aromatic rings. The number of likely N-dealkylation sites (N-methyl/N-ethyl adjacent to an activating group) is 2. The molecule has 2 atom stereocenters. The van der Waals surface area contributed by atoms with Crippen LogP contribution in [0.5, 0.6) is 0 Å². The number of amides is 5. The highest BCUT2D eigenvalue weighted by Crippen LogP contribution is 2.49. The molecule has 102 heavy (non-hydrogen) atoms. The van der Waals surface area contributed by atoms with Crippen molar-refractivity contribution < 1.29 is 69.3 Å². The van der Waals surface area contributed by atoms with Crippen molar-refractivity contribution in [2.24, 2.45) is 5.92 Å². The molecule has 1 aliphatic carbocycles. The fraction of sp³-hybridized carbons (Fsp3) is 0.461. The molecular formula is C76H90Cl3F7N8O8. The third-order valence-electron chi connectivity index (χ3n) is 21.2. The third-order valence-corrected chi connectivity index (χ3v) is 21.2. The Balaban J connectivity index is 0.00000440. The van der Waals surface area contributed by atoms with Gasteiger partial charge in [0.15, 0.2) is 0 Å². The Hall–Kier alpha value is -7.51. The van der Waals surface area contributed by atoms with E-state index in [1.54, 1.807) is 23.9 Å². The maximum atomic E-state index is 14.3. The number of hydrogen-bond acceptors (Lipinski definition) is 10. The smallest absolute Gasteiger partial charge is 0.416 e. The van der Waals surface area contributed by atoms with Gasteiger partial charge in [-0.3, -0.25) is 24.1 Å². The number of rotatable bonds is 23. The van der Waals surface area contributed by atoms with Crippen LogP contribution in [0.3, 0.4) is 0 Å². The van der Waals surface area contributed by atoms with E-state index in [9.17, 15) is 59.8 Å². The van der Waals surface area contributed by atoms with Crippen molar-refractivity contribution in [1.29, 1.82) is 0 Å². The first-order valence-corrected chi connectivity index (χ1v) is 34.3. The van der Waals surface area contributed by atoms with Crippen LogP contribution in [-0.2, 0) is 48.9 Å². The Labute approximate surface area is 610 Å². The molecule has 5 aliphatic rings. The number of fused-ring (bicyclic) bond motifs is 2. The number of piperidine rings is 3. The number of nitrogens with zero attached hydrogens (tertiary/aromatic N) is 8. The average Bonchev–Trinajstić information content (AvgIpc) is 1.57. The van der Waals surface area contributed by atoms with E-state index in [1.807, 2.05) is 103 Å². The first-order valence-electron chi connectivity index (χ1n) is 34.3. The second-order valence-corrected chi connectivity index (χ2v) is 27.3. The van der Waals surface area contributed by atoms with Crippen molar-refractivity contribution in [3.8, 4) is 11.1 Å². The molecule has 26 heteroatoms. The highest BCUT2D eigenvalue weighted by atomic mass is 35.5. The molecule has 4 fully saturated rings. The van der Waals surface area contributed by atoms with Crippen LogP contribution in [-0.4, -0.2) is 189 Å². The van der Waals surface area contributed by atoms with Gasteiger partial charge >= 0.3 is 18.4 Å². The quantitative estimate of drug-likeness (QED) is 0.0611. The molecule has 0 saturated carbocycles. The molecule has 0 bridgehead atoms. The van der Waals surface area contributed by atoms with Crippen LogP contribution in [0, 0.1) is 11.7 Å². The number of anilines is 2. The van der Waals surface area contributed by atoms with E-state index in [-0.39, 0.29) is 92.7 Å². The number of halogens is 10. The van der Waals surface area contributed by atoms with Gasteiger partial charge in [0.2, 0.25) is 11.8 Å². The molecule has 4 saturated heterocycles. The Morgan fingerprint density at radius 3 is 1.88 bits per heavy atom. The van der Waals surface area contributed by atoms with Crippen molar-refractivity contribution in [2.75, 3.05) is 123 Å². The molecule has 0 unspecified atom stereocenters. The summed E-state index contributed by atoms with van der Waals surface area (Å²) in [5.41, 5.74) is 1.28. The lowest BCUT2D eigenvalue weighted by Gasteiger charge is -2.44. The number of hydrogen-bond donors (Lipinski definition) is 1. The fourth-order valence-electron chi connectivity index (χ4n) is 15.2. The van der Waals surface area contributed by atoms with Crippen molar-refractivity contribution in [3.05, 3.63) is 190 Å². The second kappa shape index (κ2) is 34.8. The zero-order valence-corrected chi connectivity index (χ0v) is 60.0. The Bertz CT molecular complexity index is 3770. The maximum absolute atomic E-state index is 14.3. The number of benzene rings is 6. The van der Waals surface area contributed by atoms with Gasteiger partial charge in [0, 0.05) is 120 Å². The minimum absolute atomic E-state index is 0. The van der Waals surface area contributed by atoms with Gasteiger partial charge in [-0.1, -0.05) is 84.9 Å². The number of alkyl halides is 6. The molecule has 6 aromatic carbocycles. The number of ether oxygens (including phenoxy) is 2. The van der Waals surface area contributed by atoms with E-state index in [2.05, 4.69) is 26.8 Å². The summed E-state index contributed by atoms with van der Waals surface area (Å²) in [6.45, 7) is 6.21. The Morgan fingerprint density at radius 1 is 0.637 bits per heavy atom. The highest BCUT2D eigenvalue weighted by Gasteiger charge is 2.50. The normalized spacial score (nSPS) is 18.7. The third kappa shape index (κ3) is 18.9. The summed E-state index contributed by atoms with van der Waals surface area (Å²) in [5, 5.41) is 10.4. The molecule has 0 aromatic heterocycles. The number of para-hydroxylation sites is 1. The molecular weight excluding hydrogens is 1390 g/mol. The van der Waals surface area contributed by atoms with Crippen LogP contribution in [0.4, 0.5) is 46.9 Å². The van der Waals surface area contributed by atoms with Gasteiger partial charge in [-0.05, 0) is 166 Å². The average molecular weight is 1480 g/mol. The van der Waals surface area contributed by atoms with E-state index >= 15 is 0 Å². The zero-order valence-electron chi connectivity index (χ0n) is 57.5. The van der Waals surface area contributed by atoms with Gasteiger partial charge in [0.05, 0.1) is 29.5 Å². The predicted molar refractivity (Wildman–Crippen MR) is 384 cm³/mol. The van der Waals surface area contributed by atoms with Crippen LogP contribution in [0.1, 0.15) is 113 Å². The van der Waals surface area contributed by atoms with Crippen molar-refractivity contribution in [1.82, 2.24) is 29.4 Å². The SMILES string of the molecule is CN(CCN1CCC(N(C(=O)O)c2ccccc2-c2ccccc2)CC1)C(=O)CCC1CCN(c2ccc(C(=O)N(C)CCCN(C)C(=O)CO[C@H]3Cc4ccccc4C34CCN(CC[C@@]3(c5ccc(F)cc5)CN(C(=O)c5cc(C(F)(F)F)cc(C(F)(F)F)c5)CO3)CC4)cc2)CC1.Cl.Cl.Cl. The first-order chi connectivity index (χ1) is 47.4. The Kier molecular flexibility index (Phi) is 27.4. The summed E-state index contributed by atoms with van der Waals surface area (Å²) in [7, 11) is 5.35. The number of carboxylic acid groups (broad SMARTS) is 1. The first kappa shape index (κ1) is 80.2. The molecule has 1 N–H and O–H groups in total. The van der Waals surface area contributed by atoms with E-state index in [4.69, 9.17) is 9.47 Å². The summed E-state index contributed by atoms with van der Waals surface area (Å²) in [6, 6.07) is 39.5. The van der Waals surface area contributed by atoms with E-state index in [0.29, 0.717) is 119 Å². The van der Waals surface area contributed by atoms with Crippen LogP contribution >= 0.6 is 37.2 Å². The lowest BCUT2D eigenvalue weighted by Crippen LogP contribution is -2.50. The molecule has 11 rings (SSSR count). The maximum Gasteiger partial charge on any atom is 0.416 e. The lowest BCUT2D eigenvalue weighted by atomic mass is 9.72. The fourth-order valence-corrected chi connectivity index (χ4v) is 15.2. The molecule has 1 spiro atoms. The Morgan fingerprint density at radius 2 is 1.24 bits per heavy atom. The molecule has 4 heterocycles. The minimum Gasteiger partial charge on any atom is -0.465 e.